The Morgan fingerprint density at radius 2 is 1.60 bits per heavy atom. The average Bonchev–Trinajstić information content (AvgIpc) is 2.93. The highest BCUT2D eigenvalue weighted by molar-refractivity contribution is 6.09. The zero-order chi connectivity index (χ0) is 25.4. The van der Waals surface area contributed by atoms with Crippen molar-refractivity contribution in [3.05, 3.63) is 64.7 Å². The van der Waals surface area contributed by atoms with Crippen LogP contribution in [0.4, 0.5) is 5.69 Å². The number of carboxylic acids is 2. The van der Waals surface area contributed by atoms with Crippen LogP contribution < -0.4 is 10.6 Å². The summed E-state index contributed by atoms with van der Waals surface area (Å²) in [5.41, 5.74) is 8.20. The van der Waals surface area contributed by atoms with E-state index >= 15 is 0 Å². The molecule has 2 aromatic carbocycles. The van der Waals surface area contributed by atoms with Crippen LogP contribution in [-0.2, 0) is 22.6 Å². The first-order valence-corrected chi connectivity index (χ1v) is 11.8. The summed E-state index contributed by atoms with van der Waals surface area (Å²) in [5, 5.41) is 18.2. The minimum absolute atomic E-state index is 0.0657. The number of anilines is 1. The second-order valence-corrected chi connectivity index (χ2v) is 8.66. The van der Waals surface area contributed by atoms with Crippen LogP contribution in [0.25, 0.3) is 0 Å². The number of aromatic carboxylic acids is 1. The molecule has 0 radical (unpaired) electrons. The van der Waals surface area contributed by atoms with Gasteiger partial charge in [0.25, 0.3) is 5.91 Å². The number of unbranched alkanes of at least 4 members (excludes halogenated alkanes) is 3. The molecule has 0 saturated heterocycles. The second kappa shape index (κ2) is 12.1. The number of carboxylic acid groups (broad SMARTS) is 2. The molecule has 1 heterocycles. The topological polar surface area (TPSA) is 141 Å². The van der Waals surface area contributed by atoms with Gasteiger partial charge in [-0.05, 0) is 61.2 Å². The number of benzene rings is 2. The van der Waals surface area contributed by atoms with Crippen LogP contribution in [0.1, 0.15) is 63.9 Å². The van der Waals surface area contributed by atoms with E-state index in [1.165, 1.54) is 21.9 Å². The molecule has 9 heteroatoms. The van der Waals surface area contributed by atoms with E-state index in [1.807, 2.05) is 6.07 Å². The minimum Gasteiger partial charge on any atom is -0.481 e. The number of aliphatic carboxylic acids is 1. The third kappa shape index (κ3) is 6.89. The van der Waals surface area contributed by atoms with E-state index in [0.717, 1.165) is 37.7 Å². The number of aryl methyl sites for hydroxylation is 1. The van der Waals surface area contributed by atoms with Crippen molar-refractivity contribution in [1.29, 1.82) is 0 Å². The standard InChI is InChI=1S/C26H31N3O6/c27-13-4-2-1-3-5-18-8-11-22-21(15-18)25(33)28(14-12-24(31)32)17-23(30)29(22)16-19-6-9-20(10-7-19)26(34)35/h6-11,15H,1-5,12-14,16-17,27H2,(H,31,32)(H,34,35). The first-order valence-electron chi connectivity index (χ1n) is 11.8. The van der Waals surface area contributed by atoms with Gasteiger partial charge in [-0.3, -0.25) is 14.4 Å². The normalized spacial score (nSPS) is 13.5. The van der Waals surface area contributed by atoms with Crippen molar-refractivity contribution in [2.45, 2.75) is 45.1 Å². The smallest absolute Gasteiger partial charge is 0.335 e. The van der Waals surface area contributed by atoms with Crippen molar-refractivity contribution in [2.24, 2.45) is 5.73 Å². The van der Waals surface area contributed by atoms with Crippen LogP contribution in [0.5, 0.6) is 0 Å². The molecule has 0 aromatic heterocycles. The van der Waals surface area contributed by atoms with Gasteiger partial charge in [-0.25, -0.2) is 4.79 Å². The number of hydrogen-bond donors (Lipinski definition) is 3. The summed E-state index contributed by atoms with van der Waals surface area (Å²) in [4.78, 5) is 51.6. The molecule has 186 valence electrons. The van der Waals surface area contributed by atoms with E-state index in [4.69, 9.17) is 15.9 Å². The zero-order valence-electron chi connectivity index (χ0n) is 19.6. The Balaban J connectivity index is 1.89. The molecule has 0 atom stereocenters. The van der Waals surface area contributed by atoms with Crippen molar-refractivity contribution < 1.29 is 29.4 Å². The zero-order valence-corrected chi connectivity index (χ0v) is 19.6. The molecular weight excluding hydrogens is 450 g/mol. The van der Waals surface area contributed by atoms with Gasteiger partial charge in [-0.2, -0.15) is 0 Å². The number of carbonyl (C=O) groups is 4. The van der Waals surface area contributed by atoms with Crippen molar-refractivity contribution in [3.8, 4) is 0 Å². The number of fused-ring (bicyclic) bond motifs is 1. The molecule has 0 spiro atoms. The molecule has 0 saturated carbocycles. The van der Waals surface area contributed by atoms with Gasteiger partial charge in [-0.1, -0.05) is 31.0 Å². The summed E-state index contributed by atoms with van der Waals surface area (Å²) in [5.74, 6) is -2.79. The van der Waals surface area contributed by atoms with Crippen LogP contribution in [-0.4, -0.2) is 58.5 Å². The summed E-state index contributed by atoms with van der Waals surface area (Å²) in [7, 11) is 0. The molecule has 1 aliphatic heterocycles. The van der Waals surface area contributed by atoms with Gasteiger partial charge in [0, 0.05) is 6.54 Å². The lowest BCUT2D eigenvalue weighted by atomic mass is 10.0. The van der Waals surface area contributed by atoms with Gasteiger partial charge in [0.15, 0.2) is 0 Å². The first kappa shape index (κ1) is 25.9. The van der Waals surface area contributed by atoms with Gasteiger partial charge in [0.05, 0.1) is 29.8 Å². The Morgan fingerprint density at radius 1 is 0.914 bits per heavy atom. The second-order valence-electron chi connectivity index (χ2n) is 8.66. The van der Waals surface area contributed by atoms with E-state index in [-0.39, 0.29) is 43.4 Å². The van der Waals surface area contributed by atoms with Crippen LogP contribution in [0.3, 0.4) is 0 Å². The Labute approximate surface area is 204 Å². The predicted octanol–water partition coefficient (Wildman–Crippen LogP) is 2.91. The Hall–Kier alpha value is -3.72. The monoisotopic (exact) mass is 481 g/mol. The highest BCUT2D eigenvalue weighted by Crippen LogP contribution is 2.29. The lowest BCUT2D eigenvalue weighted by molar-refractivity contribution is -0.137. The summed E-state index contributed by atoms with van der Waals surface area (Å²) in [6.45, 7) is 0.527. The molecule has 0 aliphatic carbocycles. The summed E-state index contributed by atoms with van der Waals surface area (Å²) >= 11 is 0. The Bertz CT molecular complexity index is 1080. The highest BCUT2D eigenvalue weighted by atomic mass is 16.4. The number of nitrogens with zero attached hydrogens (tertiary/aromatic N) is 2. The molecule has 0 unspecified atom stereocenters. The van der Waals surface area contributed by atoms with E-state index in [9.17, 15) is 19.2 Å². The van der Waals surface area contributed by atoms with E-state index in [0.29, 0.717) is 23.4 Å². The SMILES string of the molecule is NCCCCCCc1ccc2c(c1)C(=O)N(CCC(=O)O)CC(=O)N2Cc1ccc(C(=O)O)cc1. The van der Waals surface area contributed by atoms with Gasteiger partial charge in [0.2, 0.25) is 5.91 Å². The fraction of sp³-hybridized carbons (Fsp3) is 0.385. The number of carbonyl (C=O) groups excluding carboxylic acids is 2. The van der Waals surface area contributed by atoms with Gasteiger partial charge < -0.3 is 25.7 Å². The maximum Gasteiger partial charge on any atom is 0.335 e. The van der Waals surface area contributed by atoms with Crippen LogP contribution in [0, 0.1) is 0 Å². The maximum absolute atomic E-state index is 13.4. The molecule has 1 aliphatic rings. The van der Waals surface area contributed by atoms with Crippen molar-refractivity contribution in [3.63, 3.8) is 0 Å². The first-order chi connectivity index (χ1) is 16.8. The van der Waals surface area contributed by atoms with E-state index in [1.54, 1.807) is 24.3 Å². The number of rotatable bonds is 12. The summed E-state index contributed by atoms with van der Waals surface area (Å²) in [6.07, 6.45) is 4.53. The quantitative estimate of drug-likeness (QED) is 0.396. The molecule has 2 aromatic rings. The third-order valence-corrected chi connectivity index (χ3v) is 6.05. The predicted molar refractivity (Wildman–Crippen MR) is 130 cm³/mol. The van der Waals surface area contributed by atoms with Crippen LogP contribution in [0.15, 0.2) is 42.5 Å². The van der Waals surface area contributed by atoms with Crippen molar-refractivity contribution in [2.75, 3.05) is 24.5 Å². The maximum atomic E-state index is 13.4. The molecular formula is C26H31N3O6. The largest absolute Gasteiger partial charge is 0.481 e. The lowest BCUT2D eigenvalue weighted by Crippen LogP contribution is -2.40. The van der Waals surface area contributed by atoms with Gasteiger partial charge >= 0.3 is 11.9 Å². The number of hydrogen-bond acceptors (Lipinski definition) is 5. The van der Waals surface area contributed by atoms with E-state index < -0.39 is 11.9 Å². The number of nitrogens with two attached hydrogens (primary N) is 1. The number of amides is 2. The summed E-state index contributed by atoms with van der Waals surface area (Å²) < 4.78 is 0. The lowest BCUT2D eigenvalue weighted by Gasteiger charge is -2.23. The molecule has 4 N–H and O–H groups in total. The molecule has 2 amide bonds. The van der Waals surface area contributed by atoms with Gasteiger partial charge in [0.1, 0.15) is 6.54 Å². The average molecular weight is 482 g/mol. The molecule has 0 fully saturated rings. The van der Waals surface area contributed by atoms with Gasteiger partial charge in [-0.15, -0.1) is 0 Å². The van der Waals surface area contributed by atoms with Crippen molar-refractivity contribution >= 4 is 29.4 Å². The van der Waals surface area contributed by atoms with Crippen molar-refractivity contribution in [1.82, 2.24) is 4.90 Å². The fourth-order valence-electron chi connectivity index (χ4n) is 4.12. The fourth-order valence-corrected chi connectivity index (χ4v) is 4.12. The Kier molecular flexibility index (Phi) is 8.97. The molecule has 3 rings (SSSR count). The van der Waals surface area contributed by atoms with Crippen LogP contribution >= 0.6 is 0 Å². The Morgan fingerprint density at radius 3 is 2.26 bits per heavy atom. The highest BCUT2D eigenvalue weighted by Gasteiger charge is 2.32. The minimum atomic E-state index is -1.05. The summed E-state index contributed by atoms with van der Waals surface area (Å²) in [6, 6.07) is 11.7. The van der Waals surface area contributed by atoms with Crippen LogP contribution in [0.2, 0.25) is 0 Å². The third-order valence-electron chi connectivity index (χ3n) is 6.05. The van der Waals surface area contributed by atoms with E-state index in [2.05, 4.69) is 0 Å². The molecule has 35 heavy (non-hydrogen) atoms. The molecule has 0 bridgehead atoms. The molecule has 9 nitrogen and oxygen atoms in total.